The number of carbonyl (C=O) groups excluding carboxylic acids is 1. The molecular formula is C21H22ClNO3. The fourth-order valence-electron chi connectivity index (χ4n) is 3.32. The van der Waals surface area contributed by atoms with Crippen LogP contribution in [0.2, 0.25) is 5.02 Å². The number of hydrogen-bond acceptors (Lipinski definition) is 3. The standard InChI is InChI=1S/C21H22ClNO3/c1-14-18-13-20(26-3)19(25-2)12-16(18)9-10-23(14)21(24)8-7-15-5-4-6-17(22)11-15/h4-8,11-14H,9-10H2,1-3H3/b8-7+. The largest absolute Gasteiger partial charge is 0.493 e. The van der Waals surface area contributed by atoms with Gasteiger partial charge in [-0.2, -0.15) is 0 Å². The highest BCUT2D eigenvalue weighted by Gasteiger charge is 2.28. The number of ether oxygens (including phenoxy) is 2. The average molecular weight is 372 g/mol. The van der Waals surface area contributed by atoms with Gasteiger partial charge in [-0.05, 0) is 60.4 Å². The first-order valence-corrected chi connectivity index (χ1v) is 8.90. The molecule has 0 saturated carbocycles. The summed E-state index contributed by atoms with van der Waals surface area (Å²) in [5.74, 6) is 1.39. The zero-order valence-electron chi connectivity index (χ0n) is 15.2. The number of methoxy groups -OCH3 is 2. The number of halogens is 1. The highest BCUT2D eigenvalue weighted by atomic mass is 35.5. The van der Waals surface area contributed by atoms with Gasteiger partial charge < -0.3 is 14.4 Å². The van der Waals surface area contributed by atoms with E-state index in [9.17, 15) is 4.79 Å². The molecule has 2 aromatic carbocycles. The van der Waals surface area contributed by atoms with Crippen LogP contribution in [0.15, 0.2) is 42.5 Å². The van der Waals surface area contributed by atoms with Crippen molar-refractivity contribution in [2.45, 2.75) is 19.4 Å². The van der Waals surface area contributed by atoms with Gasteiger partial charge in [0.25, 0.3) is 0 Å². The number of carbonyl (C=O) groups is 1. The maximum absolute atomic E-state index is 12.7. The first-order chi connectivity index (χ1) is 12.5. The Bertz CT molecular complexity index is 847. The molecule has 1 aliphatic rings. The van der Waals surface area contributed by atoms with Crippen molar-refractivity contribution >= 4 is 23.6 Å². The number of fused-ring (bicyclic) bond motifs is 1. The zero-order chi connectivity index (χ0) is 18.7. The topological polar surface area (TPSA) is 38.8 Å². The van der Waals surface area contributed by atoms with Crippen molar-refractivity contribution in [1.82, 2.24) is 4.90 Å². The van der Waals surface area contributed by atoms with Crippen LogP contribution in [-0.2, 0) is 11.2 Å². The Hall–Kier alpha value is -2.46. The second-order valence-corrected chi connectivity index (χ2v) is 6.69. The van der Waals surface area contributed by atoms with Crippen molar-refractivity contribution in [3.05, 3.63) is 64.2 Å². The van der Waals surface area contributed by atoms with Crippen LogP contribution in [0.5, 0.6) is 11.5 Å². The first kappa shape index (κ1) is 18.3. The summed E-state index contributed by atoms with van der Waals surface area (Å²) in [6.45, 7) is 2.71. The Kier molecular flexibility index (Phi) is 5.52. The lowest BCUT2D eigenvalue weighted by Gasteiger charge is -2.35. The summed E-state index contributed by atoms with van der Waals surface area (Å²) >= 11 is 5.99. The Morgan fingerprint density at radius 1 is 1.19 bits per heavy atom. The molecule has 26 heavy (non-hydrogen) atoms. The molecule has 1 aliphatic heterocycles. The molecule has 1 amide bonds. The van der Waals surface area contributed by atoms with Crippen LogP contribution >= 0.6 is 11.6 Å². The minimum absolute atomic E-state index is 0.0158. The van der Waals surface area contributed by atoms with Crippen LogP contribution in [0.1, 0.15) is 29.7 Å². The second kappa shape index (κ2) is 7.83. The molecule has 0 aliphatic carbocycles. The molecule has 0 fully saturated rings. The summed E-state index contributed by atoms with van der Waals surface area (Å²) in [4.78, 5) is 14.6. The predicted molar refractivity (Wildman–Crippen MR) is 104 cm³/mol. The van der Waals surface area contributed by atoms with Crippen molar-refractivity contribution in [1.29, 1.82) is 0 Å². The summed E-state index contributed by atoms with van der Waals surface area (Å²) in [6, 6.07) is 11.4. The lowest BCUT2D eigenvalue weighted by molar-refractivity contribution is -0.128. The average Bonchev–Trinajstić information content (AvgIpc) is 2.65. The number of amides is 1. The molecule has 0 radical (unpaired) electrons. The Labute approximate surface area is 159 Å². The Morgan fingerprint density at radius 3 is 2.62 bits per heavy atom. The maximum Gasteiger partial charge on any atom is 0.247 e. The fourth-order valence-corrected chi connectivity index (χ4v) is 3.52. The van der Waals surface area contributed by atoms with Gasteiger partial charge in [-0.25, -0.2) is 0 Å². The van der Waals surface area contributed by atoms with Crippen molar-refractivity contribution in [2.24, 2.45) is 0 Å². The van der Waals surface area contributed by atoms with E-state index in [4.69, 9.17) is 21.1 Å². The molecule has 2 aromatic rings. The van der Waals surface area contributed by atoms with Crippen LogP contribution < -0.4 is 9.47 Å². The lowest BCUT2D eigenvalue weighted by Crippen LogP contribution is -2.37. The lowest BCUT2D eigenvalue weighted by atomic mass is 9.92. The summed E-state index contributed by atoms with van der Waals surface area (Å²) in [5.41, 5.74) is 3.19. The molecule has 1 unspecified atom stereocenters. The molecule has 0 aromatic heterocycles. The molecule has 0 bridgehead atoms. The zero-order valence-corrected chi connectivity index (χ0v) is 15.9. The van der Waals surface area contributed by atoms with Crippen molar-refractivity contribution in [3.8, 4) is 11.5 Å². The van der Waals surface area contributed by atoms with Gasteiger partial charge >= 0.3 is 0 Å². The monoisotopic (exact) mass is 371 g/mol. The predicted octanol–water partition coefficient (Wildman–Crippen LogP) is 4.52. The third-order valence-electron chi connectivity index (χ3n) is 4.74. The summed E-state index contributed by atoms with van der Waals surface area (Å²) in [7, 11) is 3.25. The normalized spacial score (nSPS) is 16.5. The van der Waals surface area contributed by atoms with Crippen molar-refractivity contribution in [3.63, 3.8) is 0 Å². The van der Waals surface area contributed by atoms with E-state index in [-0.39, 0.29) is 11.9 Å². The van der Waals surface area contributed by atoms with Gasteiger partial charge in [0.15, 0.2) is 11.5 Å². The maximum atomic E-state index is 12.7. The molecular weight excluding hydrogens is 350 g/mol. The molecule has 5 heteroatoms. The summed E-state index contributed by atoms with van der Waals surface area (Å²) in [6.07, 6.45) is 4.19. The fraction of sp³-hybridized carbons (Fsp3) is 0.286. The third-order valence-corrected chi connectivity index (χ3v) is 4.97. The first-order valence-electron chi connectivity index (χ1n) is 8.52. The quantitative estimate of drug-likeness (QED) is 0.742. The van der Waals surface area contributed by atoms with Gasteiger partial charge in [-0.3, -0.25) is 4.79 Å². The van der Waals surface area contributed by atoms with E-state index in [1.807, 2.05) is 48.2 Å². The molecule has 4 nitrogen and oxygen atoms in total. The van der Waals surface area contributed by atoms with Crippen LogP contribution in [0, 0.1) is 0 Å². The number of benzene rings is 2. The van der Waals surface area contributed by atoms with Gasteiger partial charge in [0.05, 0.1) is 20.3 Å². The molecule has 1 atom stereocenters. The number of nitrogens with zero attached hydrogens (tertiary/aromatic N) is 1. The molecule has 0 N–H and O–H groups in total. The van der Waals surface area contributed by atoms with Crippen molar-refractivity contribution in [2.75, 3.05) is 20.8 Å². The molecule has 3 rings (SSSR count). The molecule has 136 valence electrons. The van der Waals surface area contributed by atoms with E-state index < -0.39 is 0 Å². The second-order valence-electron chi connectivity index (χ2n) is 6.25. The van der Waals surface area contributed by atoms with Gasteiger partial charge in [0, 0.05) is 17.6 Å². The summed E-state index contributed by atoms with van der Waals surface area (Å²) < 4.78 is 10.8. The van der Waals surface area contributed by atoms with Gasteiger partial charge in [0.2, 0.25) is 5.91 Å². The molecule has 0 saturated heterocycles. The molecule has 1 heterocycles. The van der Waals surface area contributed by atoms with E-state index in [0.717, 1.165) is 23.3 Å². The SMILES string of the molecule is COc1cc2c(cc1OC)C(C)N(C(=O)/C=C/c1cccc(Cl)c1)CC2. The van der Waals surface area contributed by atoms with E-state index >= 15 is 0 Å². The van der Waals surface area contributed by atoms with Crippen LogP contribution in [0.3, 0.4) is 0 Å². The van der Waals surface area contributed by atoms with Gasteiger partial charge in [0.1, 0.15) is 0 Å². The van der Waals surface area contributed by atoms with E-state index in [1.165, 1.54) is 5.56 Å². The smallest absolute Gasteiger partial charge is 0.247 e. The highest BCUT2D eigenvalue weighted by molar-refractivity contribution is 6.30. The minimum Gasteiger partial charge on any atom is -0.493 e. The van der Waals surface area contributed by atoms with Crippen LogP contribution in [-0.4, -0.2) is 31.6 Å². The van der Waals surface area contributed by atoms with Gasteiger partial charge in [-0.1, -0.05) is 23.7 Å². The van der Waals surface area contributed by atoms with E-state index in [0.29, 0.717) is 17.3 Å². The Morgan fingerprint density at radius 2 is 1.92 bits per heavy atom. The number of rotatable bonds is 4. The summed E-state index contributed by atoms with van der Waals surface area (Å²) in [5, 5.41) is 0.654. The van der Waals surface area contributed by atoms with Gasteiger partial charge in [-0.15, -0.1) is 0 Å². The highest BCUT2D eigenvalue weighted by Crippen LogP contribution is 2.37. The van der Waals surface area contributed by atoms with Crippen LogP contribution in [0.4, 0.5) is 0 Å². The minimum atomic E-state index is -0.0323. The van der Waals surface area contributed by atoms with Crippen LogP contribution in [0.25, 0.3) is 6.08 Å². The van der Waals surface area contributed by atoms with E-state index in [1.54, 1.807) is 26.4 Å². The Balaban J connectivity index is 1.82. The number of hydrogen-bond donors (Lipinski definition) is 0. The van der Waals surface area contributed by atoms with E-state index in [2.05, 4.69) is 0 Å². The third kappa shape index (κ3) is 3.70. The van der Waals surface area contributed by atoms with Crippen molar-refractivity contribution < 1.29 is 14.3 Å². The molecule has 0 spiro atoms.